The molecule has 4 aromatic rings. The highest BCUT2D eigenvalue weighted by atomic mass is 32.1. The lowest BCUT2D eigenvalue weighted by Gasteiger charge is -2.08. The van der Waals surface area contributed by atoms with Gasteiger partial charge in [0.2, 0.25) is 0 Å². The van der Waals surface area contributed by atoms with Crippen LogP contribution in [0.5, 0.6) is 5.75 Å². The van der Waals surface area contributed by atoms with Crippen molar-refractivity contribution in [2.75, 3.05) is 7.11 Å². The van der Waals surface area contributed by atoms with Gasteiger partial charge in [-0.25, -0.2) is 4.98 Å². The summed E-state index contributed by atoms with van der Waals surface area (Å²) in [6.07, 6.45) is 4.38. The third kappa shape index (κ3) is 3.71. The molecule has 0 radical (unpaired) electrons. The van der Waals surface area contributed by atoms with Crippen LogP contribution in [0, 0.1) is 0 Å². The first kappa shape index (κ1) is 17.3. The number of hydrogen-bond donors (Lipinski definition) is 2. The van der Waals surface area contributed by atoms with Gasteiger partial charge in [0, 0.05) is 24.3 Å². The van der Waals surface area contributed by atoms with Gasteiger partial charge in [0.25, 0.3) is 5.91 Å². The molecule has 2 N–H and O–H groups in total. The number of aromatic amines is 1. The molecule has 0 saturated heterocycles. The molecule has 0 fully saturated rings. The molecule has 3 heterocycles. The molecule has 6 heteroatoms. The standard InChI is InChI=1S/C21H19N3O2S/c1-26-17-4-2-3-14(11-17)13-24-21(25)19-16(7-10-27-19)12-15-5-8-22-20-18(15)6-9-23-20/h2-11H,12-13H2,1H3,(H,22,23)(H,24,25). The molecule has 0 aliphatic heterocycles. The minimum Gasteiger partial charge on any atom is -0.497 e. The van der Waals surface area contributed by atoms with Gasteiger partial charge in [0.1, 0.15) is 11.4 Å². The Morgan fingerprint density at radius 3 is 3.04 bits per heavy atom. The lowest BCUT2D eigenvalue weighted by atomic mass is 10.0. The number of carbonyl (C=O) groups excluding carboxylic acids is 1. The van der Waals surface area contributed by atoms with Crippen LogP contribution in [0.25, 0.3) is 11.0 Å². The van der Waals surface area contributed by atoms with Crippen molar-refractivity contribution in [3.05, 3.63) is 81.8 Å². The molecule has 0 aliphatic carbocycles. The van der Waals surface area contributed by atoms with Crippen molar-refractivity contribution in [2.24, 2.45) is 0 Å². The number of methoxy groups -OCH3 is 1. The van der Waals surface area contributed by atoms with Crippen LogP contribution < -0.4 is 10.1 Å². The molecular weight excluding hydrogens is 358 g/mol. The summed E-state index contributed by atoms with van der Waals surface area (Å²) in [4.78, 5) is 20.9. The lowest BCUT2D eigenvalue weighted by Crippen LogP contribution is -2.22. The second kappa shape index (κ2) is 7.63. The molecule has 0 bridgehead atoms. The molecule has 1 amide bonds. The maximum Gasteiger partial charge on any atom is 0.261 e. The zero-order valence-electron chi connectivity index (χ0n) is 14.9. The molecule has 4 rings (SSSR count). The smallest absolute Gasteiger partial charge is 0.261 e. The molecule has 1 aromatic carbocycles. The SMILES string of the molecule is COc1cccc(CNC(=O)c2sccc2Cc2ccnc3[nH]ccc23)c1. The van der Waals surface area contributed by atoms with Crippen LogP contribution in [0.2, 0.25) is 0 Å². The topological polar surface area (TPSA) is 67.0 Å². The molecule has 5 nitrogen and oxygen atoms in total. The number of pyridine rings is 1. The van der Waals surface area contributed by atoms with E-state index >= 15 is 0 Å². The average molecular weight is 377 g/mol. The first-order valence-electron chi connectivity index (χ1n) is 8.63. The largest absolute Gasteiger partial charge is 0.497 e. The maximum atomic E-state index is 12.7. The van der Waals surface area contributed by atoms with Crippen molar-refractivity contribution < 1.29 is 9.53 Å². The normalized spacial score (nSPS) is 10.9. The molecule has 27 heavy (non-hydrogen) atoms. The van der Waals surface area contributed by atoms with Crippen LogP contribution in [0.15, 0.2) is 60.2 Å². The van der Waals surface area contributed by atoms with Gasteiger partial charge in [-0.15, -0.1) is 11.3 Å². The van der Waals surface area contributed by atoms with Crippen LogP contribution in [-0.2, 0) is 13.0 Å². The number of benzene rings is 1. The van der Waals surface area contributed by atoms with Crippen molar-refractivity contribution in [3.8, 4) is 5.75 Å². The highest BCUT2D eigenvalue weighted by molar-refractivity contribution is 7.12. The summed E-state index contributed by atoms with van der Waals surface area (Å²) in [7, 11) is 1.64. The van der Waals surface area contributed by atoms with Gasteiger partial charge in [-0.2, -0.15) is 0 Å². The van der Waals surface area contributed by atoms with Crippen molar-refractivity contribution in [2.45, 2.75) is 13.0 Å². The van der Waals surface area contributed by atoms with Crippen LogP contribution in [0.4, 0.5) is 0 Å². The third-order valence-corrected chi connectivity index (χ3v) is 5.43. The summed E-state index contributed by atoms with van der Waals surface area (Å²) in [5.41, 5.74) is 4.05. The minimum atomic E-state index is -0.0535. The third-order valence-electron chi connectivity index (χ3n) is 4.47. The summed E-state index contributed by atoms with van der Waals surface area (Å²) in [6.45, 7) is 0.463. The number of fused-ring (bicyclic) bond motifs is 1. The predicted molar refractivity (Wildman–Crippen MR) is 107 cm³/mol. The number of aromatic nitrogens is 2. The first-order valence-corrected chi connectivity index (χ1v) is 9.51. The Kier molecular flexibility index (Phi) is 4.89. The Hall–Kier alpha value is -3.12. The van der Waals surface area contributed by atoms with E-state index in [0.717, 1.165) is 38.4 Å². The van der Waals surface area contributed by atoms with Crippen LogP contribution >= 0.6 is 11.3 Å². The fraction of sp³-hybridized carbons (Fsp3) is 0.143. The number of nitrogens with zero attached hydrogens (tertiary/aromatic N) is 1. The van der Waals surface area contributed by atoms with Gasteiger partial charge in [-0.1, -0.05) is 12.1 Å². The first-order chi connectivity index (χ1) is 13.2. The van der Waals surface area contributed by atoms with Crippen molar-refractivity contribution in [1.29, 1.82) is 0 Å². The molecule has 0 unspecified atom stereocenters. The monoisotopic (exact) mass is 377 g/mol. The molecule has 3 aromatic heterocycles. The molecular formula is C21H19N3O2S. The van der Waals surface area contributed by atoms with E-state index < -0.39 is 0 Å². The lowest BCUT2D eigenvalue weighted by molar-refractivity contribution is 0.0954. The summed E-state index contributed by atoms with van der Waals surface area (Å²) >= 11 is 1.47. The Bertz CT molecular complexity index is 1080. The van der Waals surface area contributed by atoms with E-state index in [0.29, 0.717) is 13.0 Å². The number of rotatable bonds is 6. The predicted octanol–water partition coefficient (Wildman–Crippen LogP) is 4.15. The minimum absolute atomic E-state index is 0.0535. The fourth-order valence-electron chi connectivity index (χ4n) is 3.10. The number of ether oxygens (including phenoxy) is 1. The van der Waals surface area contributed by atoms with Gasteiger partial charge < -0.3 is 15.0 Å². The molecule has 0 saturated carbocycles. The molecule has 0 atom stereocenters. The van der Waals surface area contributed by atoms with E-state index in [1.807, 2.05) is 54.0 Å². The van der Waals surface area contributed by atoms with Crippen molar-refractivity contribution in [3.63, 3.8) is 0 Å². The Morgan fingerprint density at radius 2 is 2.15 bits per heavy atom. The summed E-state index contributed by atoms with van der Waals surface area (Å²) in [6, 6.07) is 13.7. The van der Waals surface area contributed by atoms with Gasteiger partial charge in [-0.05, 0) is 58.8 Å². The van der Waals surface area contributed by atoms with E-state index in [9.17, 15) is 4.79 Å². The van der Waals surface area contributed by atoms with E-state index in [1.54, 1.807) is 13.3 Å². The van der Waals surface area contributed by atoms with Gasteiger partial charge in [-0.3, -0.25) is 4.79 Å². The van der Waals surface area contributed by atoms with Gasteiger partial charge in [0.15, 0.2) is 0 Å². The van der Waals surface area contributed by atoms with Gasteiger partial charge >= 0.3 is 0 Å². The number of hydrogen-bond acceptors (Lipinski definition) is 4. The molecule has 136 valence electrons. The Labute approximate surface area is 161 Å². The summed E-state index contributed by atoms with van der Waals surface area (Å²) in [5.74, 6) is 0.731. The fourth-order valence-corrected chi connectivity index (χ4v) is 3.94. The van der Waals surface area contributed by atoms with E-state index in [-0.39, 0.29) is 5.91 Å². The van der Waals surface area contributed by atoms with E-state index in [4.69, 9.17) is 4.74 Å². The maximum absolute atomic E-state index is 12.7. The summed E-state index contributed by atoms with van der Waals surface area (Å²) < 4.78 is 5.23. The van der Waals surface area contributed by atoms with Crippen LogP contribution in [-0.4, -0.2) is 23.0 Å². The second-order valence-electron chi connectivity index (χ2n) is 6.20. The van der Waals surface area contributed by atoms with E-state index in [1.165, 1.54) is 11.3 Å². The number of amides is 1. The van der Waals surface area contributed by atoms with E-state index in [2.05, 4.69) is 15.3 Å². The molecule has 0 spiro atoms. The number of H-pyrrole nitrogens is 1. The second-order valence-corrected chi connectivity index (χ2v) is 7.11. The van der Waals surface area contributed by atoms with Crippen molar-refractivity contribution in [1.82, 2.24) is 15.3 Å². The number of nitrogens with one attached hydrogen (secondary N) is 2. The number of carbonyl (C=O) groups is 1. The van der Waals surface area contributed by atoms with Gasteiger partial charge in [0.05, 0.1) is 12.0 Å². The summed E-state index contributed by atoms with van der Waals surface area (Å²) in [5, 5.41) is 6.06. The Morgan fingerprint density at radius 1 is 1.22 bits per heavy atom. The highest BCUT2D eigenvalue weighted by Gasteiger charge is 2.15. The average Bonchev–Trinajstić information content (AvgIpc) is 3.36. The van der Waals surface area contributed by atoms with Crippen LogP contribution in [0.3, 0.4) is 0 Å². The molecule has 0 aliphatic rings. The number of thiophene rings is 1. The quantitative estimate of drug-likeness (QED) is 0.530. The van der Waals surface area contributed by atoms with Crippen LogP contribution in [0.1, 0.15) is 26.4 Å². The zero-order chi connectivity index (χ0) is 18.6. The Balaban J connectivity index is 1.49. The van der Waals surface area contributed by atoms with Crippen molar-refractivity contribution >= 4 is 28.3 Å². The zero-order valence-corrected chi connectivity index (χ0v) is 15.7. The highest BCUT2D eigenvalue weighted by Crippen LogP contribution is 2.24.